The summed E-state index contributed by atoms with van der Waals surface area (Å²) in [6, 6.07) is 8.30. The molecule has 0 fully saturated rings. The van der Waals surface area contributed by atoms with Crippen LogP contribution < -0.4 is 5.32 Å². The molecule has 0 amide bonds. The summed E-state index contributed by atoms with van der Waals surface area (Å²) in [4.78, 5) is 4.15. The standard InChI is InChI=1S/C16H22N2O/c1-3-16(4-2,12-19)18-11-14-7-5-6-13-10-17-9-8-15(13)14/h5-10,18-19H,3-4,11-12H2,1-2H3. The molecule has 0 aliphatic rings. The maximum atomic E-state index is 9.60. The Bertz CT molecular complexity index is 522. The molecule has 0 bridgehead atoms. The first-order valence-corrected chi connectivity index (χ1v) is 6.92. The molecule has 102 valence electrons. The van der Waals surface area contributed by atoms with Crippen molar-refractivity contribution in [3.63, 3.8) is 0 Å². The highest BCUT2D eigenvalue weighted by Gasteiger charge is 2.24. The molecule has 0 saturated carbocycles. The molecule has 19 heavy (non-hydrogen) atoms. The number of aliphatic hydroxyl groups excluding tert-OH is 1. The number of hydrogen-bond acceptors (Lipinski definition) is 3. The van der Waals surface area contributed by atoms with Crippen molar-refractivity contribution in [3.05, 3.63) is 42.2 Å². The van der Waals surface area contributed by atoms with Crippen LogP contribution in [-0.4, -0.2) is 22.2 Å². The Morgan fingerprint density at radius 2 is 2.00 bits per heavy atom. The molecule has 0 aliphatic carbocycles. The smallest absolute Gasteiger partial charge is 0.0613 e. The van der Waals surface area contributed by atoms with Crippen molar-refractivity contribution < 1.29 is 5.11 Å². The largest absolute Gasteiger partial charge is 0.394 e. The summed E-state index contributed by atoms with van der Waals surface area (Å²) in [6.45, 7) is 5.16. The van der Waals surface area contributed by atoms with Crippen LogP contribution in [0.1, 0.15) is 32.3 Å². The summed E-state index contributed by atoms with van der Waals surface area (Å²) in [6.07, 6.45) is 5.56. The second-order valence-electron chi connectivity index (χ2n) is 5.01. The minimum absolute atomic E-state index is 0.171. The molecule has 2 N–H and O–H groups in total. The monoisotopic (exact) mass is 258 g/mol. The fourth-order valence-corrected chi connectivity index (χ4v) is 2.41. The van der Waals surface area contributed by atoms with E-state index in [0.717, 1.165) is 24.8 Å². The minimum Gasteiger partial charge on any atom is -0.394 e. The second kappa shape index (κ2) is 6.13. The van der Waals surface area contributed by atoms with Gasteiger partial charge in [0.25, 0.3) is 0 Å². The normalized spacial score (nSPS) is 11.9. The molecule has 1 aromatic heterocycles. The van der Waals surface area contributed by atoms with Gasteiger partial charge in [0.05, 0.1) is 6.61 Å². The highest BCUT2D eigenvalue weighted by atomic mass is 16.3. The number of rotatable bonds is 6. The lowest BCUT2D eigenvalue weighted by Crippen LogP contribution is -2.47. The third kappa shape index (κ3) is 2.94. The fourth-order valence-electron chi connectivity index (χ4n) is 2.41. The summed E-state index contributed by atoms with van der Waals surface area (Å²) in [5.41, 5.74) is 1.08. The number of nitrogens with zero attached hydrogens (tertiary/aromatic N) is 1. The van der Waals surface area contributed by atoms with E-state index in [2.05, 4.69) is 42.3 Å². The molecule has 0 atom stereocenters. The van der Waals surface area contributed by atoms with Gasteiger partial charge in [0.2, 0.25) is 0 Å². The van der Waals surface area contributed by atoms with Crippen LogP contribution in [0.3, 0.4) is 0 Å². The Morgan fingerprint density at radius 1 is 1.21 bits per heavy atom. The lowest BCUT2D eigenvalue weighted by Gasteiger charge is -2.31. The highest BCUT2D eigenvalue weighted by molar-refractivity contribution is 5.84. The zero-order chi connectivity index (χ0) is 13.7. The van der Waals surface area contributed by atoms with Crippen molar-refractivity contribution in [1.29, 1.82) is 0 Å². The Labute approximate surface area is 114 Å². The number of aromatic nitrogens is 1. The van der Waals surface area contributed by atoms with E-state index in [-0.39, 0.29) is 12.1 Å². The Hall–Kier alpha value is -1.45. The Kier molecular flexibility index (Phi) is 4.51. The molecule has 3 nitrogen and oxygen atoms in total. The van der Waals surface area contributed by atoms with Gasteiger partial charge in [0, 0.05) is 29.9 Å². The summed E-state index contributed by atoms with van der Waals surface area (Å²) in [5.74, 6) is 0. The first-order chi connectivity index (χ1) is 9.24. The van der Waals surface area contributed by atoms with Crippen molar-refractivity contribution in [2.24, 2.45) is 0 Å². The highest BCUT2D eigenvalue weighted by Crippen LogP contribution is 2.20. The predicted octanol–water partition coefficient (Wildman–Crippen LogP) is 2.88. The molecule has 0 spiro atoms. The quantitative estimate of drug-likeness (QED) is 0.837. The van der Waals surface area contributed by atoms with Crippen molar-refractivity contribution in [3.8, 4) is 0 Å². The molecule has 1 heterocycles. The molecule has 2 rings (SSSR count). The molecule has 0 unspecified atom stereocenters. The molecule has 2 aromatic rings. The van der Waals surface area contributed by atoms with E-state index < -0.39 is 0 Å². The van der Waals surface area contributed by atoms with Gasteiger partial charge < -0.3 is 10.4 Å². The van der Waals surface area contributed by atoms with Gasteiger partial charge in [-0.1, -0.05) is 32.0 Å². The maximum Gasteiger partial charge on any atom is 0.0613 e. The molecule has 0 saturated heterocycles. The van der Waals surface area contributed by atoms with Crippen LogP contribution in [0.4, 0.5) is 0 Å². The van der Waals surface area contributed by atoms with Gasteiger partial charge in [-0.2, -0.15) is 0 Å². The molecular weight excluding hydrogens is 236 g/mol. The third-order valence-electron chi connectivity index (χ3n) is 4.08. The summed E-state index contributed by atoms with van der Waals surface area (Å²) in [5, 5.41) is 15.5. The lowest BCUT2D eigenvalue weighted by atomic mass is 9.93. The van der Waals surface area contributed by atoms with Crippen molar-refractivity contribution in [1.82, 2.24) is 10.3 Å². The van der Waals surface area contributed by atoms with E-state index in [1.165, 1.54) is 10.9 Å². The average Bonchev–Trinajstić information content (AvgIpc) is 2.49. The van der Waals surface area contributed by atoms with Crippen LogP contribution in [0.15, 0.2) is 36.7 Å². The van der Waals surface area contributed by atoms with Crippen LogP contribution in [-0.2, 0) is 6.54 Å². The first kappa shape index (κ1) is 14.0. The predicted molar refractivity (Wildman–Crippen MR) is 79.0 cm³/mol. The number of benzene rings is 1. The molecule has 0 radical (unpaired) electrons. The van der Waals surface area contributed by atoms with Crippen molar-refractivity contribution >= 4 is 10.8 Å². The van der Waals surface area contributed by atoms with Gasteiger partial charge in [-0.3, -0.25) is 4.98 Å². The van der Waals surface area contributed by atoms with Gasteiger partial charge >= 0.3 is 0 Å². The zero-order valence-electron chi connectivity index (χ0n) is 11.7. The van der Waals surface area contributed by atoms with E-state index >= 15 is 0 Å². The number of hydrogen-bond donors (Lipinski definition) is 2. The number of aliphatic hydroxyl groups is 1. The lowest BCUT2D eigenvalue weighted by molar-refractivity contribution is 0.149. The molecular formula is C16H22N2O. The minimum atomic E-state index is -0.171. The van der Waals surface area contributed by atoms with Gasteiger partial charge in [-0.15, -0.1) is 0 Å². The molecule has 1 aromatic carbocycles. The van der Waals surface area contributed by atoms with Crippen molar-refractivity contribution in [2.45, 2.75) is 38.8 Å². The maximum absolute atomic E-state index is 9.60. The topological polar surface area (TPSA) is 45.1 Å². The van der Waals surface area contributed by atoms with E-state index in [1.54, 1.807) is 0 Å². The van der Waals surface area contributed by atoms with E-state index in [9.17, 15) is 5.11 Å². The third-order valence-corrected chi connectivity index (χ3v) is 4.08. The van der Waals surface area contributed by atoms with Gasteiger partial charge in [-0.25, -0.2) is 0 Å². The van der Waals surface area contributed by atoms with Gasteiger partial charge in [0.1, 0.15) is 0 Å². The number of fused-ring (bicyclic) bond motifs is 1. The fraction of sp³-hybridized carbons (Fsp3) is 0.438. The van der Waals surface area contributed by atoms with Gasteiger partial charge in [-0.05, 0) is 29.9 Å². The number of pyridine rings is 1. The van der Waals surface area contributed by atoms with Gasteiger partial charge in [0.15, 0.2) is 0 Å². The van der Waals surface area contributed by atoms with E-state index in [1.807, 2.05) is 18.5 Å². The van der Waals surface area contributed by atoms with Crippen LogP contribution in [0.2, 0.25) is 0 Å². The van der Waals surface area contributed by atoms with Crippen LogP contribution in [0.5, 0.6) is 0 Å². The Balaban J connectivity index is 2.22. The van der Waals surface area contributed by atoms with Crippen molar-refractivity contribution in [2.75, 3.05) is 6.61 Å². The molecule has 3 heteroatoms. The average molecular weight is 258 g/mol. The summed E-state index contributed by atoms with van der Waals surface area (Å²) in [7, 11) is 0. The zero-order valence-corrected chi connectivity index (χ0v) is 11.7. The van der Waals surface area contributed by atoms with E-state index in [0.29, 0.717) is 0 Å². The van der Waals surface area contributed by atoms with Crippen LogP contribution >= 0.6 is 0 Å². The van der Waals surface area contributed by atoms with Crippen LogP contribution in [0.25, 0.3) is 10.8 Å². The first-order valence-electron chi connectivity index (χ1n) is 6.92. The Morgan fingerprint density at radius 3 is 2.68 bits per heavy atom. The van der Waals surface area contributed by atoms with E-state index in [4.69, 9.17) is 0 Å². The number of nitrogens with one attached hydrogen (secondary N) is 1. The van der Waals surface area contributed by atoms with Crippen LogP contribution in [0, 0.1) is 0 Å². The summed E-state index contributed by atoms with van der Waals surface area (Å²) >= 11 is 0. The molecule has 0 aliphatic heterocycles. The summed E-state index contributed by atoms with van der Waals surface area (Å²) < 4.78 is 0. The second-order valence-corrected chi connectivity index (χ2v) is 5.01. The SMILES string of the molecule is CCC(CC)(CO)NCc1cccc2cnccc12.